The van der Waals surface area contributed by atoms with Gasteiger partial charge >= 0.3 is 129 Å². The number of rotatable bonds is 2. The fourth-order valence-electron chi connectivity index (χ4n) is 2.34. The van der Waals surface area contributed by atoms with E-state index in [0.29, 0.717) is 14.5 Å². The third-order valence-electron chi connectivity index (χ3n) is 3.42. The number of para-hydroxylation sites is 2. The number of aromatic nitrogens is 2. The van der Waals surface area contributed by atoms with Crippen molar-refractivity contribution in [3.63, 3.8) is 0 Å². The second kappa shape index (κ2) is 5.28. The van der Waals surface area contributed by atoms with Gasteiger partial charge in [-0.05, 0) is 0 Å². The average molecular weight is 336 g/mol. The van der Waals surface area contributed by atoms with Gasteiger partial charge in [-0.3, -0.25) is 0 Å². The molecule has 0 aliphatic rings. The molecule has 3 heteroatoms. The van der Waals surface area contributed by atoms with Gasteiger partial charge < -0.3 is 0 Å². The van der Waals surface area contributed by atoms with Gasteiger partial charge in [-0.1, -0.05) is 0 Å². The van der Waals surface area contributed by atoms with Gasteiger partial charge in [0.2, 0.25) is 0 Å². The molecule has 100 valence electrons. The fraction of sp³-hybridized carbons (Fsp3) is 0. The van der Waals surface area contributed by atoms with E-state index >= 15 is 0 Å². The van der Waals surface area contributed by atoms with Crippen LogP contribution in [-0.2, 0) is 0 Å². The van der Waals surface area contributed by atoms with Gasteiger partial charge in [0.25, 0.3) is 0 Å². The minimum absolute atomic E-state index is 0.315. The fourth-order valence-corrected chi connectivity index (χ4v) is 4.37. The Hall–Kier alpha value is -2.22. The van der Waals surface area contributed by atoms with Crippen LogP contribution in [0.2, 0.25) is 0 Å². The molecule has 2 heterocycles. The molecular formula is C18H13N2Se+. The van der Waals surface area contributed by atoms with Crippen LogP contribution in [0, 0.1) is 0 Å². The summed E-state index contributed by atoms with van der Waals surface area (Å²) < 4.78 is 4.71. The van der Waals surface area contributed by atoms with Gasteiger partial charge in [0.15, 0.2) is 0 Å². The first-order chi connectivity index (χ1) is 10.4. The van der Waals surface area contributed by atoms with Crippen molar-refractivity contribution in [1.82, 2.24) is 4.98 Å². The van der Waals surface area contributed by atoms with Crippen LogP contribution in [-0.4, -0.2) is 19.5 Å². The molecule has 4 rings (SSSR count). The first kappa shape index (κ1) is 12.5. The number of hydrogen-bond acceptors (Lipinski definition) is 1. The second-order valence-corrected chi connectivity index (χ2v) is 6.98. The van der Waals surface area contributed by atoms with Crippen molar-refractivity contribution in [1.29, 1.82) is 0 Å². The summed E-state index contributed by atoms with van der Waals surface area (Å²) in [6.07, 6.45) is 4.21. The van der Waals surface area contributed by atoms with Crippen LogP contribution in [0.3, 0.4) is 0 Å². The Labute approximate surface area is 129 Å². The summed E-state index contributed by atoms with van der Waals surface area (Å²) in [5.74, 6) is 0. The predicted molar refractivity (Wildman–Crippen MR) is 85.7 cm³/mol. The molecule has 0 aliphatic heterocycles. The molecule has 0 spiro atoms. The van der Waals surface area contributed by atoms with Gasteiger partial charge in [0.1, 0.15) is 0 Å². The summed E-state index contributed by atoms with van der Waals surface area (Å²) in [4.78, 5) is 4.76. The van der Waals surface area contributed by atoms with E-state index in [-0.39, 0.29) is 0 Å². The van der Waals surface area contributed by atoms with Gasteiger partial charge in [-0.15, -0.1) is 0 Å². The molecular weight excluding hydrogens is 323 g/mol. The molecule has 2 aromatic heterocycles. The number of hydrogen-bond donors (Lipinski definition) is 0. The molecule has 0 aliphatic carbocycles. The summed E-state index contributed by atoms with van der Waals surface area (Å²) in [6, 6.07) is 23.1. The van der Waals surface area contributed by atoms with Crippen molar-refractivity contribution in [3.05, 3.63) is 79.1 Å². The zero-order chi connectivity index (χ0) is 14.1. The first-order valence-electron chi connectivity index (χ1n) is 6.83. The van der Waals surface area contributed by atoms with E-state index in [9.17, 15) is 0 Å². The molecule has 21 heavy (non-hydrogen) atoms. The number of fused-ring (bicyclic) bond motifs is 1. The predicted octanol–water partition coefficient (Wildman–Crippen LogP) is 3.24. The Bertz CT molecular complexity index is 847. The minimum atomic E-state index is 0.315. The molecule has 0 saturated carbocycles. The van der Waals surface area contributed by atoms with Crippen LogP contribution in [0.25, 0.3) is 25.6 Å². The third kappa shape index (κ3) is 2.42. The zero-order valence-electron chi connectivity index (χ0n) is 11.3. The molecule has 0 fully saturated rings. The van der Waals surface area contributed by atoms with E-state index < -0.39 is 0 Å². The third-order valence-corrected chi connectivity index (χ3v) is 5.70. The number of pyridine rings is 1. The molecule has 4 aromatic rings. The monoisotopic (exact) mass is 337 g/mol. The Morgan fingerprint density at radius 3 is 2.24 bits per heavy atom. The Balaban J connectivity index is 1.73. The molecule has 0 atom stereocenters. The van der Waals surface area contributed by atoms with Crippen LogP contribution in [0.4, 0.5) is 0 Å². The van der Waals surface area contributed by atoms with E-state index in [1.54, 1.807) is 0 Å². The zero-order valence-corrected chi connectivity index (χ0v) is 13.0. The number of benzene rings is 2. The summed E-state index contributed by atoms with van der Waals surface area (Å²) >= 11 is 0.315. The quantitative estimate of drug-likeness (QED) is 0.406. The molecule has 0 N–H and O–H groups in total. The van der Waals surface area contributed by atoms with E-state index in [2.05, 4.69) is 77.6 Å². The van der Waals surface area contributed by atoms with E-state index in [1.165, 1.54) is 20.1 Å². The molecule has 0 radical (unpaired) electrons. The second-order valence-electron chi connectivity index (χ2n) is 4.82. The molecule has 0 unspecified atom stereocenters. The Kier molecular flexibility index (Phi) is 3.15. The van der Waals surface area contributed by atoms with Crippen molar-refractivity contribution in [2.24, 2.45) is 0 Å². The van der Waals surface area contributed by atoms with Crippen molar-refractivity contribution >= 4 is 24.3 Å². The van der Waals surface area contributed by atoms with E-state index in [0.717, 1.165) is 5.52 Å². The van der Waals surface area contributed by atoms with E-state index in [1.807, 2.05) is 6.07 Å². The summed E-state index contributed by atoms with van der Waals surface area (Å²) in [5.41, 5.74) is 3.52. The van der Waals surface area contributed by atoms with Crippen molar-refractivity contribution in [2.45, 2.75) is 0 Å². The molecule has 2 nitrogen and oxygen atoms in total. The van der Waals surface area contributed by atoms with Gasteiger partial charge in [-0.2, -0.15) is 0 Å². The van der Waals surface area contributed by atoms with Crippen LogP contribution in [0.5, 0.6) is 0 Å². The van der Waals surface area contributed by atoms with Crippen LogP contribution in [0.1, 0.15) is 0 Å². The maximum atomic E-state index is 4.76. The summed E-state index contributed by atoms with van der Waals surface area (Å²) in [7, 11) is 0. The van der Waals surface area contributed by atoms with Crippen LogP contribution in [0.15, 0.2) is 79.1 Å². The SMILES string of the molecule is c1ccc(-[n+]2ccc(-c3nc4ccccc4[se]3)cc2)cc1. The van der Waals surface area contributed by atoms with Crippen LogP contribution >= 0.6 is 0 Å². The standard InChI is InChI=1S/C18H13N2Se/c1-2-6-15(7-3-1)20-12-10-14(11-13-20)18-19-16-8-4-5-9-17(16)21-18/h1-13H/q+1. The van der Waals surface area contributed by atoms with Crippen molar-refractivity contribution in [3.8, 4) is 15.8 Å². The normalized spacial score (nSPS) is 10.9. The molecule has 0 saturated heterocycles. The van der Waals surface area contributed by atoms with Crippen molar-refractivity contribution in [2.75, 3.05) is 0 Å². The Morgan fingerprint density at radius 2 is 1.48 bits per heavy atom. The summed E-state index contributed by atoms with van der Waals surface area (Å²) in [6.45, 7) is 0. The average Bonchev–Trinajstić information content (AvgIpc) is 3.00. The van der Waals surface area contributed by atoms with E-state index in [4.69, 9.17) is 4.98 Å². The Morgan fingerprint density at radius 1 is 0.762 bits per heavy atom. The molecule has 0 amide bonds. The van der Waals surface area contributed by atoms with Crippen molar-refractivity contribution < 1.29 is 4.57 Å². The molecule has 0 bridgehead atoms. The van der Waals surface area contributed by atoms with Gasteiger partial charge in [-0.25, -0.2) is 0 Å². The van der Waals surface area contributed by atoms with Gasteiger partial charge in [0, 0.05) is 0 Å². The topological polar surface area (TPSA) is 16.8 Å². The van der Waals surface area contributed by atoms with Gasteiger partial charge in [0.05, 0.1) is 0 Å². The molecule has 2 aromatic carbocycles. The van der Waals surface area contributed by atoms with Crippen LogP contribution < -0.4 is 4.57 Å². The summed E-state index contributed by atoms with van der Waals surface area (Å²) in [5, 5.41) is 0. The maximum absolute atomic E-state index is 4.76. The first-order valence-corrected chi connectivity index (χ1v) is 8.54. The number of nitrogens with zero attached hydrogens (tertiary/aromatic N) is 2.